The molecule has 2 rings (SSSR count). The fraction of sp³-hybridized carbons (Fsp3) is 0.250. The van der Waals surface area contributed by atoms with E-state index in [-0.39, 0.29) is 11.2 Å². The molecule has 6 heteroatoms. The van der Waals surface area contributed by atoms with Crippen LogP contribution in [0.15, 0.2) is 18.2 Å². The quantitative estimate of drug-likeness (QED) is 0.788. The molecule has 0 spiro atoms. The summed E-state index contributed by atoms with van der Waals surface area (Å²) in [5.74, 6) is -0.757. The SMILES string of the molecule is CNc1cc(C(F)(F)F)nc2c(F)cc(C)cc12. The molecular weight excluding hydrogens is 248 g/mol. The fourth-order valence-corrected chi connectivity index (χ4v) is 1.77. The average molecular weight is 258 g/mol. The second-order valence-electron chi connectivity index (χ2n) is 3.95. The van der Waals surface area contributed by atoms with Gasteiger partial charge in [0, 0.05) is 18.1 Å². The minimum Gasteiger partial charge on any atom is -0.388 e. The largest absolute Gasteiger partial charge is 0.433 e. The molecule has 0 bridgehead atoms. The molecule has 96 valence electrons. The summed E-state index contributed by atoms with van der Waals surface area (Å²) in [5.41, 5.74) is -0.560. The van der Waals surface area contributed by atoms with E-state index in [9.17, 15) is 17.6 Å². The van der Waals surface area contributed by atoms with Crippen molar-refractivity contribution >= 4 is 16.6 Å². The van der Waals surface area contributed by atoms with Crippen molar-refractivity contribution in [3.8, 4) is 0 Å². The van der Waals surface area contributed by atoms with Crippen LogP contribution in [0, 0.1) is 12.7 Å². The molecule has 0 aliphatic heterocycles. The molecule has 0 atom stereocenters. The number of halogens is 4. The van der Waals surface area contributed by atoms with Gasteiger partial charge in [0.2, 0.25) is 0 Å². The van der Waals surface area contributed by atoms with Gasteiger partial charge in [0.05, 0.1) is 0 Å². The van der Waals surface area contributed by atoms with Crippen molar-refractivity contribution in [1.29, 1.82) is 0 Å². The molecule has 0 saturated heterocycles. The molecule has 0 amide bonds. The molecule has 0 saturated carbocycles. The molecule has 0 radical (unpaired) electrons. The second kappa shape index (κ2) is 4.12. The molecule has 18 heavy (non-hydrogen) atoms. The number of nitrogens with one attached hydrogen (secondary N) is 1. The number of pyridine rings is 1. The molecule has 1 heterocycles. The highest BCUT2D eigenvalue weighted by atomic mass is 19.4. The lowest BCUT2D eigenvalue weighted by Crippen LogP contribution is -2.09. The lowest BCUT2D eigenvalue weighted by molar-refractivity contribution is -0.140. The minimum absolute atomic E-state index is 0.204. The van der Waals surface area contributed by atoms with Crippen molar-refractivity contribution in [3.05, 3.63) is 35.3 Å². The van der Waals surface area contributed by atoms with Crippen molar-refractivity contribution < 1.29 is 17.6 Å². The molecule has 0 fully saturated rings. The zero-order valence-electron chi connectivity index (χ0n) is 9.69. The lowest BCUT2D eigenvalue weighted by Gasteiger charge is -2.12. The molecule has 2 nitrogen and oxygen atoms in total. The highest BCUT2D eigenvalue weighted by molar-refractivity contribution is 5.92. The Morgan fingerprint density at radius 1 is 1.17 bits per heavy atom. The maximum Gasteiger partial charge on any atom is 0.433 e. The molecule has 1 aromatic heterocycles. The van der Waals surface area contributed by atoms with E-state index in [0.29, 0.717) is 10.9 Å². The van der Waals surface area contributed by atoms with Gasteiger partial charge in [-0.15, -0.1) is 0 Å². The van der Waals surface area contributed by atoms with Crippen LogP contribution in [0.25, 0.3) is 10.9 Å². The topological polar surface area (TPSA) is 24.9 Å². The fourth-order valence-electron chi connectivity index (χ4n) is 1.77. The monoisotopic (exact) mass is 258 g/mol. The van der Waals surface area contributed by atoms with Gasteiger partial charge in [-0.3, -0.25) is 0 Å². The second-order valence-corrected chi connectivity index (χ2v) is 3.95. The number of aromatic nitrogens is 1. The van der Waals surface area contributed by atoms with Gasteiger partial charge in [0.25, 0.3) is 0 Å². The molecule has 0 unspecified atom stereocenters. The third-order valence-electron chi connectivity index (χ3n) is 2.57. The van der Waals surface area contributed by atoms with Crippen LogP contribution in [0.3, 0.4) is 0 Å². The van der Waals surface area contributed by atoms with Crippen molar-refractivity contribution in [1.82, 2.24) is 4.98 Å². The van der Waals surface area contributed by atoms with E-state index in [4.69, 9.17) is 0 Å². The summed E-state index contributed by atoms with van der Waals surface area (Å²) in [6.07, 6.45) is -4.60. The number of fused-ring (bicyclic) bond motifs is 1. The Morgan fingerprint density at radius 2 is 1.83 bits per heavy atom. The van der Waals surface area contributed by atoms with Crippen LogP contribution < -0.4 is 5.32 Å². The Hall–Kier alpha value is -1.85. The van der Waals surface area contributed by atoms with E-state index in [1.54, 1.807) is 13.0 Å². The van der Waals surface area contributed by atoms with Gasteiger partial charge in [-0.25, -0.2) is 9.37 Å². The van der Waals surface area contributed by atoms with Gasteiger partial charge in [-0.1, -0.05) is 0 Å². The van der Waals surface area contributed by atoms with E-state index >= 15 is 0 Å². The van der Waals surface area contributed by atoms with Gasteiger partial charge >= 0.3 is 6.18 Å². The summed E-state index contributed by atoms with van der Waals surface area (Å²) in [7, 11) is 1.48. The maximum absolute atomic E-state index is 13.7. The van der Waals surface area contributed by atoms with E-state index in [1.165, 1.54) is 7.05 Å². The number of hydrogen-bond donors (Lipinski definition) is 1. The summed E-state index contributed by atoms with van der Waals surface area (Å²) in [5, 5.41) is 2.97. The first-order valence-electron chi connectivity index (χ1n) is 5.19. The van der Waals surface area contributed by atoms with E-state index in [0.717, 1.165) is 12.1 Å². The highest BCUT2D eigenvalue weighted by Gasteiger charge is 2.33. The summed E-state index contributed by atoms with van der Waals surface area (Å²) in [6.45, 7) is 1.67. The first-order chi connectivity index (χ1) is 8.32. The van der Waals surface area contributed by atoms with Crippen molar-refractivity contribution in [2.75, 3.05) is 12.4 Å². The van der Waals surface area contributed by atoms with Gasteiger partial charge in [-0.05, 0) is 30.7 Å². The summed E-state index contributed by atoms with van der Waals surface area (Å²) < 4.78 is 51.6. The third-order valence-corrected chi connectivity index (χ3v) is 2.57. The van der Waals surface area contributed by atoms with Crippen LogP contribution in [-0.2, 0) is 6.18 Å². The zero-order valence-corrected chi connectivity index (χ0v) is 9.69. The van der Waals surface area contributed by atoms with Crippen LogP contribution in [0.4, 0.5) is 23.2 Å². The van der Waals surface area contributed by atoms with Gasteiger partial charge < -0.3 is 5.32 Å². The molecule has 0 aliphatic carbocycles. The highest BCUT2D eigenvalue weighted by Crippen LogP contribution is 2.34. The smallest absolute Gasteiger partial charge is 0.388 e. The zero-order chi connectivity index (χ0) is 13.5. The number of aryl methyl sites for hydroxylation is 1. The Balaban J connectivity index is 2.84. The van der Waals surface area contributed by atoms with Crippen molar-refractivity contribution in [2.45, 2.75) is 13.1 Å². The van der Waals surface area contributed by atoms with Crippen LogP contribution in [0.1, 0.15) is 11.3 Å². The van der Waals surface area contributed by atoms with Gasteiger partial charge in [0.15, 0.2) is 0 Å². The maximum atomic E-state index is 13.7. The van der Waals surface area contributed by atoms with E-state index in [2.05, 4.69) is 10.3 Å². The first kappa shape index (κ1) is 12.6. The van der Waals surface area contributed by atoms with Crippen LogP contribution >= 0.6 is 0 Å². The lowest BCUT2D eigenvalue weighted by atomic mass is 10.1. The normalized spacial score (nSPS) is 11.9. The van der Waals surface area contributed by atoms with Gasteiger partial charge in [0.1, 0.15) is 17.0 Å². The van der Waals surface area contributed by atoms with Crippen molar-refractivity contribution in [3.63, 3.8) is 0 Å². The van der Waals surface area contributed by atoms with Crippen molar-refractivity contribution in [2.24, 2.45) is 0 Å². The Labute approximate surface area is 101 Å². The number of anilines is 1. The van der Waals surface area contributed by atoms with Crippen LogP contribution in [0.2, 0.25) is 0 Å². The summed E-state index contributed by atoms with van der Waals surface area (Å²) >= 11 is 0. The molecule has 2 aromatic rings. The van der Waals surface area contributed by atoms with Gasteiger partial charge in [-0.2, -0.15) is 13.2 Å². The minimum atomic E-state index is -4.60. The van der Waals surface area contributed by atoms with Crippen LogP contribution in [-0.4, -0.2) is 12.0 Å². The predicted octanol–water partition coefficient (Wildman–Crippen LogP) is 3.74. The molecule has 1 aromatic carbocycles. The van der Waals surface area contributed by atoms with Crippen LogP contribution in [0.5, 0.6) is 0 Å². The number of alkyl halides is 3. The third kappa shape index (κ3) is 2.10. The molecule has 0 aliphatic rings. The first-order valence-corrected chi connectivity index (χ1v) is 5.19. The molecule has 1 N–H and O–H groups in total. The predicted molar refractivity (Wildman–Crippen MR) is 61.0 cm³/mol. The molecular formula is C12H10F4N2. The Morgan fingerprint density at radius 3 is 2.39 bits per heavy atom. The Bertz CT molecular complexity index is 605. The van der Waals surface area contributed by atoms with E-state index < -0.39 is 17.7 Å². The number of nitrogens with zero attached hydrogens (tertiary/aromatic N) is 1. The number of benzene rings is 1. The standard InChI is InChI=1S/C12H10F4N2/c1-6-3-7-9(17-2)5-10(12(14,15)16)18-11(7)8(13)4-6/h3-5H,1-2H3,(H,17,18). The summed E-state index contributed by atoms with van der Waals surface area (Å²) in [6, 6.07) is 3.63. The number of rotatable bonds is 1. The van der Waals surface area contributed by atoms with E-state index in [1.807, 2.05) is 0 Å². The average Bonchev–Trinajstić information content (AvgIpc) is 2.26. The Kier molecular flexibility index (Phi) is 2.88. The summed E-state index contributed by atoms with van der Waals surface area (Å²) in [4.78, 5) is 3.36. The number of hydrogen-bond acceptors (Lipinski definition) is 2.